The summed E-state index contributed by atoms with van der Waals surface area (Å²) in [5.74, 6) is 1.72. The van der Waals surface area contributed by atoms with Crippen LogP contribution < -0.4 is 9.64 Å². The normalized spacial score (nSPS) is 16.4. The summed E-state index contributed by atoms with van der Waals surface area (Å²) in [6.07, 6.45) is 3.80. The number of ether oxygens (including phenoxy) is 1. The lowest BCUT2D eigenvalue weighted by atomic mass is 10.1. The molecule has 0 saturated carbocycles. The number of carbonyl (C=O) groups excluding carboxylic acids is 1. The number of amides is 1. The van der Waals surface area contributed by atoms with Crippen LogP contribution >= 0.6 is 0 Å². The van der Waals surface area contributed by atoms with E-state index in [0.717, 1.165) is 23.4 Å². The summed E-state index contributed by atoms with van der Waals surface area (Å²) in [7, 11) is 1.62. The van der Waals surface area contributed by atoms with Crippen LogP contribution in [-0.2, 0) is 11.2 Å². The Labute approximate surface area is 170 Å². The van der Waals surface area contributed by atoms with Crippen molar-refractivity contribution in [1.29, 1.82) is 0 Å². The average Bonchev–Trinajstić information content (AvgIpc) is 3.40. The zero-order chi connectivity index (χ0) is 20.2. The summed E-state index contributed by atoms with van der Waals surface area (Å²) >= 11 is 0. The molecule has 3 aromatic rings. The first-order valence-corrected chi connectivity index (χ1v) is 10.0. The zero-order valence-electron chi connectivity index (χ0n) is 16.8. The zero-order valence-corrected chi connectivity index (χ0v) is 16.8. The standard InChI is InChI=1S/C23H25N3O3/c1-3-4-6-16-9-11-19(12-10-16)26-15-18(14-21(26)27)23-24-22(25-29-23)17-7-5-8-20(13-17)28-2/h5,7-13,18H,3-4,6,14-15H2,1-2H3. The Morgan fingerprint density at radius 3 is 2.79 bits per heavy atom. The van der Waals surface area contributed by atoms with Crippen LogP contribution in [0.4, 0.5) is 5.69 Å². The fourth-order valence-electron chi connectivity index (χ4n) is 3.63. The fourth-order valence-corrected chi connectivity index (χ4v) is 3.63. The quantitative estimate of drug-likeness (QED) is 0.588. The Bertz CT molecular complexity index is 981. The molecule has 4 rings (SSSR count). The number of benzene rings is 2. The van der Waals surface area contributed by atoms with Gasteiger partial charge in [-0.2, -0.15) is 4.98 Å². The highest BCUT2D eigenvalue weighted by atomic mass is 16.5. The molecule has 1 unspecified atom stereocenters. The van der Waals surface area contributed by atoms with E-state index in [9.17, 15) is 4.79 Å². The molecule has 1 atom stereocenters. The summed E-state index contributed by atoms with van der Waals surface area (Å²) in [6, 6.07) is 15.8. The second-order valence-electron chi connectivity index (χ2n) is 7.36. The summed E-state index contributed by atoms with van der Waals surface area (Å²) in [6.45, 7) is 2.74. The van der Waals surface area contributed by atoms with Crippen molar-refractivity contribution in [2.45, 2.75) is 38.5 Å². The maximum Gasteiger partial charge on any atom is 0.232 e. The third-order valence-electron chi connectivity index (χ3n) is 5.31. The lowest BCUT2D eigenvalue weighted by Gasteiger charge is -2.16. The predicted molar refractivity (Wildman–Crippen MR) is 111 cm³/mol. The number of hydrogen-bond donors (Lipinski definition) is 0. The third-order valence-corrected chi connectivity index (χ3v) is 5.31. The molecule has 1 aliphatic rings. The molecule has 1 fully saturated rings. The van der Waals surface area contributed by atoms with Crippen molar-refractivity contribution in [3.05, 3.63) is 60.0 Å². The Balaban J connectivity index is 1.47. The maximum absolute atomic E-state index is 12.6. The van der Waals surface area contributed by atoms with Gasteiger partial charge in [-0.05, 0) is 42.7 Å². The van der Waals surface area contributed by atoms with E-state index in [1.54, 1.807) is 7.11 Å². The summed E-state index contributed by atoms with van der Waals surface area (Å²) in [5.41, 5.74) is 3.05. The monoisotopic (exact) mass is 391 g/mol. The second kappa shape index (κ2) is 8.47. The number of nitrogens with zero attached hydrogens (tertiary/aromatic N) is 3. The van der Waals surface area contributed by atoms with Crippen LogP contribution in [0.3, 0.4) is 0 Å². The molecule has 1 aliphatic heterocycles. The van der Waals surface area contributed by atoms with Gasteiger partial charge in [0.15, 0.2) is 0 Å². The minimum atomic E-state index is -0.103. The first-order chi connectivity index (χ1) is 14.2. The SMILES string of the molecule is CCCCc1ccc(N2CC(c3nc(-c4cccc(OC)c4)no3)CC2=O)cc1. The van der Waals surface area contributed by atoms with E-state index in [2.05, 4.69) is 29.2 Å². The molecule has 6 nitrogen and oxygen atoms in total. The molecule has 1 saturated heterocycles. The molecule has 0 N–H and O–H groups in total. The molecule has 0 bridgehead atoms. The lowest BCUT2D eigenvalue weighted by molar-refractivity contribution is -0.117. The molecule has 0 aliphatic carbocycles. The van der Waals surface area contributed by atoms with Crippen molar-refractivity contribution in [2.24, 2.45) is 0 Å². The van der Waals surface area contributed by atoms with E-state index < -0.39 is 0 Å². The molecule has 2 aromatic carbocycles. The summed E-state index contributed by atoms with van der Waals surface area (Å²) in [5, 5.41) is 4.10. The van der Waals surface area contributed by atoms with Gasteiger partial charge in [-0.15, -0.1) is 0 Å². The van der Waals surface area contributed by atoms with E-state index in [1.807, 2.05) is 41.3 Å². The van der Waals surface area contributed by atoms with Gasteiger partial charge in [0.05, 0.1) is 13.0 Å². The Morgan fingerprint density at radius 1 is 1.21 bits per heavy atom. The molecule has 1 amide bonds. The minimum Gasteiger partial charge on any atom is -0.497 e. The largest absolute Gasteiger partial charge is 0.497 e. The number of hydrogen-bond acceptors (Lipinski definition) is 5. The lowest BCUT2D eigenvalue weighted by Crippen LogP contribution is -2.24. The molecular formula is C23H25N3O3. The van der Waals surface area contributed by atoms with Crippen molar-refractivity contribution >= 4 is 11.6 Å². The highest BCUT2D eigenvalue weighted by Crippen LogP contribution is 2.32. The molecule has 2 heterocycles. The van der Waals surface area contributed by atoms with Crippen molar-refractivity contribution in [3.8, 4) is 17.1 Å². The molecule has 0 radical (unpaired) electrons. The van der Waals surface area contributed by atoms with Crippen LogP contribution in [0, 0.1) is 0 Å². The molecule has 150 valence electrons. The predicted octanol–water partition coefficient (Wildman–Crippen LogP) is 4.61. The smallest absolute Gasteiger partial charge is 0.232 e. The third kappa shape index (κ3) is 4.16. The van der Waals surface area contributed by atoms with E-state index in [-0.39, 0.29) is 11.8 Å². The van der Waals surface area contributed by atoms with Gasteiger partial charge in [-0.1, -0.05) is 42.8 Å². The molecule has 1 aromatic heterocycles. The van der Waals surface area contributed by atoms with Gasteiger partial charge < -0.3 is 14.2 Å². The number of aryl methyl sites for hydroxylation is 1. The van der Waals surface area contributed by atoms with Crippen molar-refractivity contribution in [3.63, 3.8) is 0 Å². The number of carbonyl (C=O) groups is 1. The number of anilines is 1. The fraction of sp³-hybridized carbons (Fsp3) is 0.348. The molecule has 0 spiro atoms. The Morgan fingerprint density at radius 2 is 2.03 bits per heavy atom. The number of unbranched alkanes of at least 4 members (excludes halogenated alkanes) is 1. The van der Waals surface area contributed by atoms with E-state index in [4.69, 9.17) is 9.26 Å². The highest BCUT2D eigenvalue weighted by Gasteiger charge is 2.35. The minimum absolute atomic E-state index is 0.0810. The molecular weight excluding hydrogens is 366 g/mol. The van der Waals surface area contributed by atoms with Crippen LogP contribution in [0.15, 0.2) is 53.1 Å². The topological polar surface area (TPSA) is 68.5 Å². The summed E-state index contributed by atoms with van der Waals surface area (Å²) in [4.78, 5) is 18.9. The van der Waals surface area contributed by atoms with E-state index in [1.165, 1.54) is 18.4 Å². The van der Waals surface area contributed by atoms with Gasteiger partial charge >= 0.3 is 0 Å². The number of rotatable bonds is 7. The van der Waals surface area contributed by atoms with Crippen molar-refractivity contribution in [2.75, 3.05) is 18.6 Å². The molecule has 29 heavy (non-hydrogen) atoms. The maximum atomic E-state index is 12.6. The van der Waals surface area contributed by atoms with Crippen molar-refractivity contribution in [1.82, 2.24) is 10.1 Å². The van der Waals surface area contributed by atoms with Crippen LogP contribution in [0.5, 0.6) is 5.75 Å². The van der Waals surface area contributed by atoms with Crippen LogP contribution in [-0.4, -0.2) is 29.7 Å². The van der Waals surface area contributed by atoms with Gasteiger partial charge in [0.1, 0.15) is 5.75 Å². The van der Waals surface area contributed by atoms with Crippen LogP contribution in [0.25, 0.3) is 11.4 Å². The van der Waals surface area contributed by atoms with Gasteiger partial charge in [0.25, 0.3) is 0 Å². The second-order valence-corrected chi connectivity index (χ2v) is 7.36. The van der Waals surface area contributed by atoms with E-state index >= 15 is 0 Å². The van der Waals surface area contributed by atoms with E-state index in [0.29, 0.717) is 24.7 Å². The van der Waals surface area contributed by atoms with Crippen LogP contribution in [0.2, 0.25) is 0 Å². The van der Waals surface area contributed by atoms with Crippen LogP contribution in [0.1, 0.15) is 43.6 Å². The highest BCUT2D eigenvalue weighted by molar-refractivity contribution is 5.96. The first-order valence-electron chi connectivity index (χ1n) is 10.0. The summed E-state index contributed by atoms with van der Waals surface area (Å²) < 4.78 is 10.7. The van der Waals surface area contributed by atoms with Gasteiger partial charge in [0.2, 0.25) is 17.6 Å². The number of methoxy groups -OCH3 is 1. The Hall–Kier alpha value is -3.15. The number of aromatic nitrogens is 2. The average molecular weight is 391 g/mol. The molecule has 6 heteroatoms. The Kier molecular flexibility index (Phi) is 5.60. The van der Waals surface area contributed by atoms with Gasteiger partial charge in [-0.3, -0.25) is 4.79 Å². The first kappa shape index (κ1) is 19.2. The van der Waals surface area contributed by atoms with Crippen molar-refractivity contribution < 1.29 is 14.1 Å². The van der Waals surface area contributed by atoms with Gasteiger partial charge in [0, 0.05) is 24.2 Å². The van der Waals surface area contributed by atoms with Gasteiger partial charge in [-0.25, -0.2) is 0 Å².